The van der Waals surface area contributed by atoms with Gasteiger partial charge in [-0.1, -0.05) is 41.5 Å². The lowest BCUT2D eigenvalue weighted by molar-refractivity contribution is -0.147. The average molecular weight is 421 g/mol. The largest absolute Gasteiger partial charge is 0.504 e. The van der Waals surface area contributed by atoms with Crippen LogP contribution in [0.4, 0.5) is 0 Å². The molecule has 0 aromatic heterocycles. The Morgan fingerprint density at radius 2 is 1.43 bits per heavy atom. The molecular formula is C24H36O6. The summed E-state index contributed by atoms with van der Waals surface area (Å²) in [4.78, 5) is 25.3. The Bertz CT molecular complexity index is 718. The number of phenolic OH excluding ortho intramolecular Hbond substituents is 1. The van der Waals surface area contributed by atoms with Crippen LogP contribution in [0.2, 0.25) is 0 Å². The van der Waals surface area contributed by atoms with E-state index >= 15 is 0 Å². The van der Waals surface area contributed by atoms with Gasteiger partial charge in [0.15, 0.2) is 11.5 Å². The number of carbonyl (C=O) groups excluding carboxylic acids is 2. The zero-order valence-corrected chi connectivity index (χ0v) is 19.3. The third-order valence-electron chi connectivity index (χ3n) is 4.58. The van der Waals surface area contributed by atoms with Gasteiger partial charge in [0.25, 0.3) is 0 Å². The van der Waals surface area contributed by atoms with Gasteiger partial charge in [0.1, 0.15) is 5.57 Å². The summed E-state index contributed by atoms with van der Waals surface area (Å²) in [5, 5.41) is 10.3. The van der Waals surface area contributed by atoms with Crippen LogP contribution in [-0.4, -0.2) is 37.4 Å². The maximum absolute atomic E-state index is 12.6. The maximum atomic E-state index is 12.6. The van der Waals surface area contributed by atoms with Gasteiger partial charge in [0.2, 0.25) is 0 Å². The molecule has 168 valence electrons. The summed E-state index contributed by atoms with van der Waals surface area (Å²) in [5.74, 6) is -0.354. The second-order valence-corrected chi connectivity index (χ2v) is 8.51. The van der Waals surface area contributed by atoms with Crippen molar-refractivity contribution in [3.63, 3.8) is 0 Å². The molecule has 0 amide bonds. The highest BCUT2D eigenvalue weighted by molar-refractivity contribution is 6.17. The predicted molar refractivity (Wildman–Crippen MR) is 118 cm³/mol. The Hall–Kier alpha value is -2.50. The molecule has 0 spiro atoms. The van der Waals surface area contributed by atoms with Gasteiger partial charge in [-0.25, -0.2) is 9.59 Å². The number of phenols is 1. The molecule has 0 radical (unpaired) electrons. The highest BCUT2D eigenvalue weighted by atomic mass is 16.6. The summed E-state index contributed by atoms with van der Waals surface area (Å²) in [6.07, 6.45) is 2.83. The molecule has 0 unspecified atom stereocenters. The molecule has 0 aliphatic carbocycles. The van der Waals surface area contributed by atoms with Crippen molar-refractivity contribution in [2.75, 3.05) is 20.3 Å². The highest BCUT2D eigenvalue weighted by Gasteiger charge is 2.23. The topological polar surface area (TPSA) is 82.1 Å². The molecule has 1 rings (SSSR count). The molecule has 1 aromatic rings. The molecule has 0 bridgehead atoms. The van der Waals surface area contributed by atoms with Gasteiger partial charge in [0.05, 0.1) is 20.3 Å². The first-order chi connectivity index (χ1) is 14.1. The van der Waals surface area contributed by atoms with E-state index in [9.17, 15) is 14.7 Å². The summed E-state index contributed by atoms with van der Waals surface area (Å²) in [7, 11) is 1.45. The van der Waals surface area contributed by atoms with Crippen molar-refractivity contribution in [3.05, 3.63) is 28.8 Å². The number of methoxy groups -OCH3 is 1. The Morgan fingerprint density at radius 1 is 0.933 bits per heavy atom. The number of benzene rings is 1. The monoisotopic (exact) mass is 420 g/mol. The number of carbonyl (C=O) groups is 2. The third-order valence-corrected chi connectivity index (χ3v) is 4.58. The van der Waals surface area contributed by atoms with Crippen LogP contribution in [0.1, 0.15) is 71.4 Å². The van der Waals surface area contributed by atoms with Crippen LogP contribution < -0.4 is 4.74 Å². The van der Waals surface area contributed by atoms with Crippen LogP contribution in [-0.2, 0) is 19.1 Å². The molecule has 6 heteroatoms. The van der Waals surface area contributed by atoms with Gasteiger partial charge in [-0.2, -0.15) is 0 Å². The molecule has 0 saturated heterocycles. The fourth-order valence-corrected chi connectivity index (χ4v) is 2.63. The lowest BCUT2D eigenvalue weighted by Gasteiger charge is -2.14. The molecule has 0 heterocycles. The SMILES string of the molecule is COc1cc(C=C(C(=O)OCCC(C)C)C(=O)OCCC(C)C)cc(C(C)C)c1O. The summed E-state index contributed by atoms with van der Waals surface area (Å²) >= 11 is 0. The van der Waals surface area contributed by atoms with Gasteiger partial charge in [0, 0.05) is 5.56 Å². The Labute approximate surface area is 180 Å². The van der Waals surface area contributed by atoms with Crippen LogP contribution in [0.25, 0.3) is 6.08 Å². The molecule has 0 fully saturated rings. The summed E-state index contributed by atoms with van der Waals surface area (Å²) in [6.45, 7) is 12.4. The van der Waals surface area contributed by atoms with E-state index in [1.807, 2.05) is 41.5 Å². The number of hydrogen-bond donors (Lipinski definition) is 1. The number of aromatic hydroxyl groups is 1. The Morgan fingerprint density at radius 3 is 1.83 bits per heavy atom. The van der Waals surface area contributed by atoms with Crippen molar-refractivity contribution in [1.29, 1.82) is 0 Å². The predicted octanol–water partition coefficient (Wildman–Crippen LogP) is 5.09. The number of ether oxygens (including phenoxy) is 3. The fourth-order valence-electron chi connectivity index (χ4n) is 2.63. The van der Waals surface area contributed by atoms with Crippen molar-refractivity contribution in [2.45, 2.75) is 60.3 Å². The number of hydrogen-bond acceptors (Lipinski definition) is 6. The van der Waals surface area contributed by atoms with Crippen LogP contribution in [0.15, 0.2) is 17.7 Å². The maximum Gasteiger partial charge on any atom is 0.345 e. The van der Waals surface area contributed by atoms with E-state index in [1.165, 1.54) is 13.2 Å². The van der Waals surface area contributed by atoms with Crippen molar-refractivity contribution in [2.24, 2.45) is 11.8 Å². The van der Waals surface area contributed by atoms with Gasteiger partial charge in [-0.3, -0.25) is 0 Å². The van der Waals surface area contributed by atoms with Crippen molar-refractivity contribution in [1.82, 2.24) is 0 Å². The number of esters is 2. The van der Waals surface area contributed by atoms with E-state index in [0.717, 1.165) is 0 Å². The highest BCUT2D eigenvalue weighted by Crippen LogP contribution is 2.36. The smallest absolute Gasteiger partial charge is 0.345 e. The number of rotatable bonds is 11. The lowest BCUT2D eigenvalue weighted by Crippen LogP contribution is -2.20. The normalized spacial score (nSPS) is 11.0. The lowest BCUT2D eigenvalue weighted by atomic mass is 9.98. The summed E-state index contributed by atoms with van der Waals surface area (Å²) in [6, 6.07) is 3.30. The zero-order chi connectivity index (χ0) is 22.8. The standard InChI is InChI=1S/C24H36O6/c1-15(2)8-10-29-23(26)20(24(27)30-11-9-16(3)4)13-18-12-19(17(5)6)22(25)21(14-18)28-7/h12-17,25H,8-11H2,1-7H3. The van der Waals surface area contributed by atoms with Crippen LogP contribution in [0.5, 0.6) is 11.5 Å². The van der Waals surface area contributed by atoms with E-state index in [1.54, 1.807) is 12.1 Å². The minimum absolute atomic E-state index is 0.0201. The molecule has 1 aromatic carbocycles. The summed E-state index contributed by atoms with van der Waals surface area (Å²) in [5.41, 5.74) is 1.02. The van der Waals surface area contributed by atoms with Crippen molar-refractivity contribution < 1.29 is 28.9 Å². The Balaban J connectivity index is 3.25. The van der Waals surface area contributed by atoms with Gasteiger partial charge < -0.3 is 19.3 Å². The van der Waals surface area contributed by atoms with Gasteiger partial charge in [-0.15, -0.1) is 0 Å². The zero-order valence-electron chi connectivity index (χ0n) is 19.3. The van der Waals surface area contributed by atoms with Crippen LogP contribution in [0.3, 0.4) is 0 Å². The molecular weight excluding hydrogens is 384 g/mol. The molecule has 0 aliphatic heterocycles. The molecule has 0 saturated carbocycles. The van der Waals surface area contributed by atoms with Gasteiger partial charge >= 0.3 is 11.9 Å². The molecule has 0 atom stereocenters. The summed E-state index contributed by atoms with van der Waals surface area (Å²) < 4.78 is 15.9. The molecule has 30 heavy (non-hydrogen) atoms. The second-order valence-electron chi connectivity index (χ2n) is 8.51. The van der Waals surface area contributed by atoms with Gasteiger partial charge in [-0.05, 0) is 54.4 Å². The van der Waals surface area contributed by atoms with Crippen molar-refractivity contribution in [3.8, 4) is 11.5 Å². The average Bonchev–Trinajstić information content (AvgIpc) is 2.65. The van der Waals surface area contributed by atoms with E-state index in [4.69, 9.17) is 14.2 Å². The first-order valence-corrected chi connectivity index (χ1v) is 10.5. The van der Waals surface area contributed by atoms with Crippen LogP contribution in [0, 0.1) is 11.8 Å². The quantitative estimate of drug-likeness (QED) is 0.232. The van der Waals surface area contributed by atoms with Crippen LogP contribution >= 0.6 is 0 Å². The molecule has 1 N–H and O–H groups in total. The Kier molecular flexibility index (Phi) is 10.4. The molecule has 6 nitrogen and oxygen atoms in total. The minimum Gasteiger partial charge on any atom is -0.504 e. The molecule has 0 aliphatic rings. The first kappa shape index (κ1) is 25.5. The minimum atomic E-state index is -0.719. The van der Waals surface area contributed by atoms with E-state index in [0.29, 0.717) is 35.8 Å². The first-order valence-electron chi connectivity index (χ1n) is 10.5. The van der Waals surface area contributed by atoms with E-state index < -0.39 is 11.9 Å². The second kappa shape index (κ2) is 12.3. The third kappa shape index (κ3) is 8.09. The van der Waals surface area contributed by atoms with E-state index in [-0.39, 0.29) is 36.2 Å². The van der Waals surface area contributed by atoms with Crippen molar-refractivity contribution >= 4 is 18.0 Å². The fraction of sp³-hybridized carbons (Fsp3) is 0.583. The van der Waals surface area contributed by atoms with E-state index in [2.05, 4.69) is 0 Å².